The molecule has 1 rings (SSSR count). The highest BCUT2D eigenvalue weighted by Crippen LogP contribution is 2.40. The predicted molar refractivity (Wildman–Crippen MR) is 87.5 cm³/mol. The topological polar surface area (TPSA) is 0 Å². The van der Waals surface area contributed by atoms with Gasteiger partial charge in [0.15, 0.2) is 0 Å². The molecule has 0 radical (unpaired) electrons. The quantitative estimate of drug-likeness (QED) is 0.373. The van der Waals surface area contributed by atoms with Gasteiger partial charge in [0, 0.05) is 0 Å². The van der Waals surface area contributed by atoms with E-state index in [2.05, 4.69) is 27.7 Å². The Labute approximate surface area is 121 Å². The van der Waals surface area contributed by atoms with Gasteiger partial charge in [-0.05, 0) is 56.1 Å². The van der Waals surface area contributed by atoms with Gasteiger partial charge in [-0.3, -0.25) is 0 Å². The summed E-state index contributed by atoms with van der Waals surface area (Å²) in [5.74, 6) is 0. The molecule has 0 amide bonds. The van der Waals surface area contributed by atoms with Gasteiger partial charge >= 0.3 is 0 Å². The summed E-state index contributed by atoms with van der Waals surface area (Å²) in [5.41, 5.74) is 7.08. The first kappa shape index (κ1) is 16.5. The Kier molecular flexibility index (Phi) is 8.18. The lowest BCUT2D eigenvalue weighted by molar-refractivity contribution is 0.686. The van der Waals surface area contributed by atoms with E-state index in [9.17, 15) is 0 Å². The maximum atomic E-state index is 2.35. The van der Waals surface area contributed by atoms with Crippen LogP contribution in [0.25, 0.3) is 0 Å². The van der Waals surface area contributed by atoms with Crippen molar-refractivity contribution in [2.45, 2.75) is 98.3 Å². The van der Waals surface area contributed by atoms with Crippen LogP contribution in [0, 0.1) is 0 Å². The van der Waals surface area contributed by atoms with Crippen molar-refractivity contribution in [1.82, 2.24) is 0 Å². The molecule has 0 N–H and O–H groups in total. The van der Waals surface area contributed by atoms with Gasteiger partial charge in [-0.1, -0.05) is 64.5 Å². The van der Waals surface area contributed by atoms with Crippen molar-refractivity contribution in [2.75, 3.05) is 0 Å². The van der Waals surface area contributed by atoms with Crippen molar-refractivity contribution in [3.05, 3.63) is 22.3 Å². The smallest absolute Gasteiger partial charge is 0.00967 e. The van der Waals surface area contributed by atoms with Crippen molar-refractivity contribution in [1.29, 1.82) is 0 Å². The third-order valence-electron chi connectivity index (χ3n) is 4.54. The van der Waals surface area contributed by atoms with Gasteiger partial charge in [-0.15, -0.1) is 0 Å². The lowest BCUT2D eigenvalue weighted by Crippen LogP contribution is -1.92. The fraction of sp³-hybridized carbons (Fsp3) is 0.789. The molecule has 19 heavy (non-hydrogen) atoms. The molecule has 0 saturated carbocycles. The fourth-order valence-electron chi connectivity index (χ4n) is 3.41. The molecule has 0 heteroatoms. The third kappa shape index (κ3) is 4.82. The third-order valence-corrected chi connectivity index (χ3v) is 4.54. The second kappa shape index (κ2) is 9.39. The molecule has 0 aromatic rings. The number of rotatable bonds is 10. The molecule has 0 unspecified atom stereocenters. The SMILES string of the molecule is CCCCCC1=C(CCCCC)C(CC)=C(CC)C1. The van der Waals surface area contributed by atoms with Crippen molar-refractivity contribution in [2.24, 2.45) is 0 Å². The minimum atomic E-state index is 1.25. The van der Waals surface area contributed by atoms with E-state index in [0.717, 1.165) is 0 Å². The average Bonchev–Trinajstić information content (AvgIpc) is 2.77. The molecule has 0 aliphatic heterocycles. The number of hydrogen-bond donors (Lipinski definition) is 0. The Morgan fingerprint density at radius 2 is 1.26 bits per heavy atom. The molecule has 0 saturated heterocycles. The van der Waals surface area contributed by atoms with Gasteiger partial charge in [-0.2, -0.15) is 0 Å². The molecule has 0 aromatic heterocycles. The Hall–Kier alpha value is -0.520. The molecule has 1 aliphatic rings. The number of hydrogen-bond acceptors (Lipinski definition) is 0. The summed E-state index contributed by atoms with van der Waals surface area (Å²) in [6.45, 7) is 9.29. The lowest BCUT2D eigenvalue weighted by Gasteiger charge is -2.11. The molecule has 0 bridgehead atoms. The first-order valence-electron chi connectivity index (χ1n) is 8.70. The first-order chi connectivity index (χ1) is 9.28. The normalized spacial score (nSPS) is 15.8. The highest BCUT2D eigenvalue weighted by Gasteiger charge is 2.21. The van der Waals surface area contributed by atoms with Crippen molar-refractivity contribution < 1.29 is 0 Å². The predicted octanol–water partition coefficient (Wildman–Crippen LogP) is 6.96. The van der Waals surface area contributed by atoms with E-state index in [1.165, 1.54) is 70.6 Å². The summed E-state index contributed by atoms with van der Waals surface area (Å²) in [7, 11) is 0. The average molecular weight is 262 g/mol. The van der Waals surface area contributed by atoms with Crippen LogP contribution in [0.5, 0.6) is 0 Å². The molecular weight excluding hydrogens is 228 g/mol. The second-order valence-electron chi connectivity index (χ2n) is 5.96. The molecule has 110 valence electrons. The Balaban J connectivity index is 2.72. The summed E-state index contributed by atoms with van der Waals surface area (Å²) in [6, 6.07) is 0. The van der Waals surface area contributed by atoms with Crippen molar-refractivity contribution in [3.8, 4) is 0 Å². The van der Waals surface area contributed by atoms with E-state index in [-0.39, 0.29) is 0 Å². The molecule has 0 spiro atoms. The molecule has 0 heterocycles. The highest BCUT2D eigenvalue weighted by atomic mass is 14.3. The molecular formula is C19H34. The zero-order valence-electron chi connectivity index (χ0n) is 13.8. The summed E-state index contributed by atoms with van der Waals surface area (Å²) in [6.07, 6.45) is 14.8. The van der Waals surface area contributed by atoms with Gasteiger partial charge in [0.25, 0.3) is 0 Å². The minimum Gasteiger partial charge on any atom is -0.0654 e. The summed E-state index contributed by atoms with van der Waals surface area (Å²) in [4.78, 5) is 0. The van der Waals surface area contributed by atoms with E-state index < -0.39 is 0 Å². The Bertz CT molecular complexity index is 317. The molecule has 0 aromatic carbocycles. The highest BCUT2D eigenvalue weighted by molar-refractivity contribution is 5.47. The molecule has 0 nitrogen and oxygen atoms in total. The summed E-state index contributed by atoms with van der Waals surface area (Å²) in [5, 5.41) is 0. The maximum absolute atomic E-state index is 2.35. The molecule has 0 fully saturated rings. The first-order valence-corrected chi connectivity index (χ1v) is 8.70. The lowest BCUT2D eigenvalue weighted by atomic mass is 9.95. The van der Waals surface area contributed by atoms with Gasteiger partial charge in [0.2, 0.25) is 0 Å². The largest absolute Gasteiger partial charge is 0.0654 e. The fourth-order valence-corrected chi connectivity index (χ4v) is 3.41. The van der Waals surface area contributed by atoms with Crippen LogP contribution in [0.4, 0.5) is 0 Å². The van der Waals surface area contributed by atoms with Crippen LogP contribution < -0.4 is 0 Å². The molecule has 0 atom stereocenters. The van der Waals surface area contributed by atoms with Crippen LogP contribution in [-0.4, -0.2) is 0 Å². The Morgan fingerprint density at radius 1 is 0.632 bits per heavy atom. The van der Waals surface area contributed by atoms with Crippen LogP contribution in [0.3, 0.4) is 0 Å². The monoisotopic (exact) mass is 262 g/mol. The molecule has 1 aliphatic carbocycles. The van der Waals surface area contributed by atoms with Crippen LogP contribution in [0.1, 0.15) is 98.3 Å². The zero-order chi connectivity index (χ0) is 14.1. The van der Waals surface area contributed by atoms with E-state index in [4.69, 9.17) is 0 Å². The Morgan fingerprint density at radius 3 is 1.79 bits per heavy atom. The summed E-state index contributed by atoms with van der Waals surface area (Å²) < 4.78 is 0. The van der Waals surface area contributed by atoms with Crippen LogP contribution in [0.2, 0.25) is 0 Å². The minimum absolute atomic E-state index is 1.25. The standard InChI is InChI=1S/C19H34/c1-5-9-11-13-17-15-16(7-3)18(8-4)19(17)14-12-10-6-2/h5-15H2,1-4H3. The van der Waals surface area contributed by atoms with Gasteiger partial charge in [-0.25, -0.2) is 0 Å². The van der Waals surface area contributed by atoms with Crippen LogP contribution in [-0.2, 0) is 0 Å². The van der Waals surface area contributed by atoms with Crippen molar-refractivity contribution in [3.63, 3.8) is 0 Å². The zero-order valence-corrected chi connectivity index (χ0v) is 13.8. The maximum Gasteiger partial charge on any atom is -0.00967 e. The van der Waals surface area contributed by atoms with Crippen molar-refractivity contribution >= 4 is 0 Å². The van der Waals surface area contributed by atoms with E-state index in [0.29, 0.717) is 0 Å². The van der Waals surface area contributed by atoms with Crippen LogP contribution >= 0.6 is 0 Å². The number of unbranched alkanes of at least 4 members (excludes halogenated alkanes) is 4. The number of allylic oxidation sites excluding steroid dienone is 4. The second-order valence-corrected chi connectivity index (χ2v) is 5.96. The van der Waals surface area contributed by atoms with Gasteiger partial charge < -0.3 is 0 Å². The van der Waals surface area contributed by atoms with Gasteiger partial charge in [0.1, 0.15) is 0 Å². The van der Waals surface area contributed by atoms with Gasteiger partial charge in [0.05, 0.1) is 0 Å². The summed E-state index contributed by atoms with van der Waals surface area (Å²) >= 11 is 0. The van der Waals surface area contributed by atoms with E-state index in [1.807, 2.05) is 0 Å². The van der Waals surface area contributed by atoms with E-state index >= 15 is 0 Å². The van der Waals surface area contributed by atoms with Crippen LogP contribution in [0.15, 0.2) is 22.3 Å². The van der Waals surface area contributed by atoms with E-state index in [1.54, 1.807) is 22.3 Å².